The molecular weight excluding hydrogens is 256 g/mol. The van der Waals surface area contributed by atoms with Gasteiger partial charge in [0.1, 0.15) is 5.82 Å². The van der Waals surface area contributed by atoms with Crippen LogP contribution in [0.25, 0.3) is 0 Å². The Balaban J connectivity index is 2.00. The first-order valence-electron chi connectivity index (χ1n) is 6.57. The molecule has 108 valence electrons. The minimum atomic E-state index is -0.523. The molecule has 0 saturated carbocycles. The Morgan fingerprint density at radius 1 is 1.35 bits per heavy atom. The Morgan fingerprint density at radius 2 is 2.15 bits per heavy atom. The van der Waals surface area contributed by atoms with Crippen molar-refractivity contribution in [2.24, 2.45) is 7.05 Å². The fourth-order valence-corrected chi connectivity index (χ4v) is 1.95. The van der Waals surface area contributed by atoms with Crippen LogP contribution in [0.2, 0.25) is 0 Å². The first kappa shape index (κ1) is 14.4. The quantitative estimate of drug-likeness (QED) is 0.878. The second kappa shape index (κ2) is 6.43. The molecule has 0 bridgehead atoms. The maximum Gasteiger partial charge on any atom is 0.161 e. The number of imidazole rings is 1. The van der Waals surface area contributed by atoms with Crippen LogP contribution in [0.1, 0.15) is 24.4 Å². The molecule has 1 heterocycles. The summed E-state index contributed by atoms with van der Waals surface area (Å²) < 4.78 is 13.0. The molecule has 1 N–H and O–H groups in total. The zero-order chi connectivity index (χ0) is 14.5. The zero-order valence-corrected chi connectivity index (χ0v) is 12.0. The highest BCUT2D eigenvalue weighted by molar-refractivity contribution is 5.43. The van der Waals surface area contributed by atoms with Gasteiger partial charge in [-0.1, -0.05) is 6.07 Å². The van der Waals surface area contributed by atoms with Gasteiger partial charge in [0, 0.05) is 25.9 Å². The minimum absolute atomic E-state index is 0.523. The van der Waals surface area contributed by atoms with E-state index in [-0.39, 0.29) is 0 Å². The second-order valence-corrected chi connectivity index (χ2v) is 4.64. The van der Waals surface area contributed by atoms with Crippen molar-refractivity contribution in [1.82, 2.24) is 9.55 Å². The molecule has 0 fully saturated rings. The fraction of sp³-hybridized carbons (Fsp3) is 0.400. The molecule has 5 nitrogen and oxygen atoms in total. The smallest absolute Gasteiger partial charge is 0.161 e. The first-order valence-corrected chi connectivity index (χ1v) is 6.57. The topological polar surface area (TPSA) is 56.5 Å². The summed E-state index contributed by atoms with van der Waals surface area (Å²) in [6, 6.07) is 5.45. The zero-order valence-electron chi connectivity index (χ0n) is 12.0. The number of ether oxygens (including phenoxy) is 2. The van der Waals surface area contributed by atoms with Gasteiger partial charge in [-0.3, -0.25) is 0 Å². The Bertz CT molecular complexity index is 564. The molecule has 2 rings (SSSR count). The van der Waals surface area contributed by atoms with E-state index in [0.717, 1.165) is 17.8 Å². The first-order chi connectivity index (χ1) is 9.61. The average molecular weight is 276 g/mol. The number of hydrogen-bond acceptors (Lipinski definition) is 4. The van der Waals surface area contributed by atoms with Crippen molar-refractivity contribution in [3.63, 3.8) is 0 Å². The fourth-order valence-electron chi connectivity index (χ4n) is 1.95. The summed E-state index contributed by atoms with van der Waals surface area (Å²) in [6.45, 7) is 2.24. The van der Waals surface area contributed by atoms with E-state index >= 15 is 0 Å². The van der Waals surface area contributed by atoms with E-state index in [9.17, 15) is 5.11 Å². The highest BCUT2D eigenvalue weighted by Gasteiger charge is 2.09. The van der Waals surface area contributed by atoms with E-state index < -0.39 is 6.10 Å². The van der Waals surface area contributed by atoms with Crippen molar-refractivity contribution in [3.05, 3.63) is 42.0 Å². The lowest BCUT2D eigenvalue weighted by Gasteiger charge is -2.13. The summed E-state index contributed by atoms with van der Waals surface area (Å²) in [5, 5.41) is 9.56. The van der Waals surface area contributed by atoms with Crippen LogP contribution in [0.15, 0.2) is 30.6 Å². The maximum absolute atomic E-state index is 9.56. The summed E-state index contributed by atoms with van der Waals surface area (Å²) in [4.78, 5) is 4.25. The Kier molecular flexibility index (Phi) is 4.63. The number of aliphatic hydroxyl groups is 1. The van der Waals surface area contributed by atoms with E-state index in [2.05, 4.69) is 4.98 Å². The molecular formula is C15H20N2O3. The summed E-state index contributed by atoms with van der Waals surface area (Å²) in [7, 11) is 3.55. The molecule has 5 heteroatoms. The molecule has 0 unspecified atom stereocenters. The van der Waals surface area contributed by atoms with E-state index in [1.807, 2.05) is 29.9 Å². The normalized spacial score (nSPS) is 12.2. The predicted octanol–water partition coefficient (Wildman–Crippen LogP) is 2.10. The standard InChI is InChI=1S/C15H20N2O3/c1-11(18)12-4-5-13(14(10-12)19-3)20-9-6-15-16-7-8-17(15)2/h4-5,7-8,10-11,18H,6,9H2,1-3H3/t11-/m1/s1. The van der Waals surface area contributed by atoms with Crippen LogP contribution in [-0.2, 0) is 13.5 Å². The molecule has 0 amide bonds. The van der Waals surface area contributed by atoms with Gasteiger partial charge in [0.05, 0.1) is 19.8 Å². The summed E-state index contributed by atoms with van der Waals surface area (Å²) in [5.41, 5.74) is 0.804. The van der Waals surface area contributed by atoms with Gasteiger partial charge in [-0.05, 0) is 24.6 Å². The van der Waals surface area contributed by atoms with Crippen LogP contribution in [0.5, 0.6) is 11.5 Å². The molecule has 1 aromatic carbocycles. The third-order valence-electron chi connectivity index (χ3n) is 3.17. The largest absolute Gasteiger partial charge is 0.493 e. The van der Waals surface area contributed by atoms with Crippen LogP contribution < -0.4 is 9.47 Å². The van der Waals surface area contributed by atoms with Crippen LogP contribution in [-0.4, -0.2) is 28.4 Å². The number of aromatic nitrogens is 2. The molecule has 0 aliphatic rings. The molecule has 20 heavy (non-hydrogen) atoms. The van der Waals surface area contributed by atoms with Crippen molar-refractivity contribution in [2.45, 2.75) is 19.4 Å². The Hall–Kier alpha value is -2.01. The molecule has 1 aromatic heterocycles. The second-order valence-electron chi connectivity index (χ2n) is 4.64. The highest BCUT2D eigenvalue weighted by atomic mass is 16.5. The highest BCUT2D eigenvalue weighted by Crippen LogP contribution is 2.30. The van der Waals surface area contributed by atoms with Gasteiger partial charge < -0.3 is 19.1 Å². The number of aryl methyl sites for hydroxylation is 1. The Morgan fingerprint density at radius 3 is 2.75 bits per heavy atom. The third-order valence-corrected chi connectivity index (χ3v) is 3.17. The van der Waals surface area contributed by atoms with Gasteiger partial charge in [-0.15, -0.1) is 0 Å². The van der Waals surface area contributed by atoms with Gasteiger partial charge in [0.2, 0.25) is 0 Å². The van der Waals surface area contributed by atoms with Crippen LogP contribution >= 0.6 is 0 Å². The average Bonchev–Trinajstić information content (AvgIpc) is 2.84. The van der Waals surface area contributed by atoms with Crippen LogP contribution in [0, 0.1) is 0 Å². The third kappa shape index (κ3) is 3.30. The SMILES string of the molecule is COc1cc([C@@H](C)O)ccc1OCCc1nccn1C. The Labute approximate surface area is 118 Å². The summed E-state index contributed by atoms with van der Waals surface area (Å²) in [6.07, 6.45) is 3.89. The number of hydrogen-bond donors (Lipinski definition) is 1. The predicted molar refractivity (Wildman–Crippen MR) is 76.0 cm³/mol. The van der Waals surface area contributed by atoms with Crippen molar-refractivity contribution in [2.75, 3.05) is 13.7 Å². The van der Waals surface area contributed by atoms with Gasteiger partial charge >= 0.3 is 0 Å². The molecule has 1 atom stereocenters. The molecule has 0 aliphatic heterocycles. The minimum Gasteiger partial charge on any atom is -0.493 e. The lowest BCUT2D eigenvalue weighted by molar-refractivity contribution is 0.198. The van der Waals surface area contributed by atoms with E-state index in [0.29, 0.717) is 18.1 Å². The van der Waals surface area contributed by atoms with E-state index in [1.54, 1.807) is 26.3 Å². The number of methoxy groups -OCH3 is 1. The van der Waals surface area contributed by atoms with Gasteiger partial charge in [0.25, 0.3) is 0 Å². The summed E-state index contributed by atoms with van der Waals surface area (Å²) >= 11 is 0. The number of nitrogens with zero attached hydrogens (tertiary/aromatic N) is 2. The van der Waals surface area contributed by atoms with Crippen molar-refractivity contribution >= 4 is 0 Å². The van der Waals surface area contributed by atoms with Crippen molar-refractivity contribution in [1.29, 1.82) is 0 Å². The lowest BCUT2D eigenvalue weighted by atomic mass is 10.1. The molecule has 0 aliphatic carbocycles. The monoisotopic (exact) mass is 276 g/mol. The molecule has 0 spiro atoms. The van der Waals surface area contributed by atoms with Gasteiger partial charge in [-0.2, -0.15) is 0 Å². The number of aliphatic hydroxyl groups excluding tert-OH is 1. The molecule has 0 radical (unpaired) electrons. The van der Waals surface area contributed by atoms with Gasteiger partial charge in [-0.25, -0.2) is 4.98 Å². The summed E-state index contributed by atoms with van der Waals surface area (Å²) in [5.74, 6) is 2.28. The van der Waals surface area contributed by atoms with Crippen LogP contribution in [0.4, 0.5) is 0 Å². The molecule has 2 aromatic rings. The maximum atomic E-state index is 9.56. The van der Waals surface area contributed by atoms with Crippen molar-refractivity contribution in [3.8, 4) is 11.5 Å². The van der Waals surface area contributed by atoms with Crippen molar-refractivity contribution < 1.29 is 14.6 Å². The number of benzene rings is 1. The van der Waals surface area contributed by atoms with Gasteiger partial charge in [0.15, 0.2) is 11.5 Å². The molecule has 0 saturated heterocycles. The van der Waals surface area contributed by atoms with E-state index in [4.69, 9.17) is 9.47 Å². The lowest BCUT2D eigenvalue weighted by Crippen LogP contribution is -2.07. The van der Waals surface area contributed by atoms with Crippen LogP contribution in [0.3, 0.4) is 0 Å². The number of rotatable bonds is 6. The van der Waals surface area contributed by atoms with E-state index in [1.165, 1.54) is 0 Å².